The highest BCUT2D eigenvalue weighted by atomic mass is 16.1. The predicted octanol–water partition coefficient (Wildman–Crippen LogP) is 2.28. The number of rotatable bonds is 4. The van der Waals surface area contributed by atoms with E-state index < -0.39 is 0 Å². The quantitative estimate of drug-likeness (QED) is 0.366. The van der Waals surface area contributed by atoms with E-state index in [9.17, 15) is 9.59 Å². The summed E-state index contributed by atoms with van der Waals surface area (Å²) >= 11 is 0. The van der Waals surface area contributed by atoms with Gasteiger partial charge in [0.2, 0.25) is 0 Å². The van der Waals surface area contributed by atoms with E-state index in [4.69, 9.17) is 0 Å². The monoisotopic (exact) mass is 168 g/mol. The lowest BCUT2D eigenvalue weighted by molar-refractivity contribution is -0.119. The molecule has 0 aliphatic heterocycles. The van der Waals surface area contributed by atoms with Crippen LogP contribution in [0.3, 0.4) is 0 Å². The van der Waals surface area contributed by atoms with Crippen LogP contribution >= 0.6 is 0 Å². The fourth-order valence-corrected chi connectivity index (χ4v) is 1.35. The van der Waals surface area contributed by atoms with Gasteiger partial charge in [-0.1, -0.05) is 19.4 Å². The number of carbonyl (C=O) groups is 2. The van der Waals surface area contributed by atoms with E-state index in [2.05, 4.69) is 0 Å². The molecule has 2 nitrogen and oxygen atoms in total. The molecule has 0 N–H and O–H groups in total. The molecule has 0 aliphatic rings. The van der Waals surface area contributed by atoms with Crippen molar-refractivity contribution >= 4 is 11.6 Å². The number of Topliss-reactive ketones (excluding diaryl/α,β-unsaturated/α-hetero) is 2. The van der Waals surface area contributed by atoms with Crippen LogP contribution in [-0.4, -0.2) is 11.6 Å². The van der Waals surface area contributed by atoms with Crippen LogP contribution in [0.4, 0.5) is 0 Å². The number of carbonyl (C=O) groups excluding carboxylic acids is 2. The maximum absolute atomic E-state index is 11.1. The van der Waals surface area contributed by atoms with E-state index in [1.807, 2.05) is 13.8 Å². The summed E-state index contributed by atoms with van der Waals surface area (Å²) in [6.45, 7) is 6.82. The second-order valence-electron chi connectivity index (χ2n) is 2.80. The Bertz CT molecular complexity index is 202. The molecule has 0 fully saturated rings. The minimum absolute atomic E-state index is 0.110. The first-order valence-corrected chi connectivity index (χ1v) is 4.28. The van der Waals surface area contributed by atoms with Crippen molar-refractivity contribution in [3.63, 3.8) is 0 Å². The normalized spacial score (nSPS) is 9.33. The topological polar surface area (TPSA) is 34.1 Å². The number of allylic oxidation sites excluding steroid dienone is 2. The Morgan fingerprint density at radius 1 is 0.917 bits per heavy atom. The largest absolute Gasteiger partial charge is 0.294 e. The highest BCUT2D eigenvalue weighted by Crippen LogP contribution is 2.14. The average Bonchev–Trinajstić information content (AvgIpc) is 1.98. The molecular formula is C10H16O2. The second kappa shape index (κ2) is 4.86. The first kappa shape index (κ1) is 11.1. The van der Waals surface area contributed by atoms with Gasteiger partial charge in [-0.15, -0.1) is 0 Å². The van der Waals surface area contributed by atoms with Crippen LogP contribution in [0.2, 0.25) is 0 Å². The molecule has 0 aliphatic carbocycles. The van der Waals surface area contributed by atoms with Gasteiger partial charge in [0.15, 0.2) is 11.6 Å². The van der Waals surface area contributed by atoms with Crippen LogP contribution in [0, 0.1) is 0 Å². The molecule has 12 heavy (non-hydrogen) atoms. The minimum Gasteiger partial charge on any atom is -0.294 e. The molecule has 0 unspecified atom stereocenters. The molecule has 0 saturated carbocycles. The molecule has 0 spiro atoms. The second-order valence-corrected chi connectivity index (χ2v) is 2.80. The van der Waals surface area contributed by atoms with Crippen molar-refractivity contribution in [2.75, 3.05) is 0 Å². The fourth-order valence-electron chi connectivity index (χ4n) is 1.35. The third-order valence-corrected chi connectivity index (χ3v) is 1.91. The predicted molar refractivity (Wildman–Crippen MR) is 49.0 cm³/mol. The van der Waals surface area contributed by atoms with Crippen LogP contribution < -0.4 is 0 Å². The van der Waals surface area contributed by atoms with Crippen molar-refractivity contribution < 1.29 is 9.59 Å². The van der Waals surface area contributed by atoms with Crippen LogP contribution in [-0.2, 0) is 9.59 Å². The molecule has 0 atom stereocenters. The number of hydrogen-bond donors (Lipinski definition) is 0. The van der Waals surface area contributed by atoms with E-state index in [1.165, 1.54) is 13.8 Å². The highest BCUT2D eigenvalue weighted by Gasteiger charge is 2.13. The summed E-state index contributed by atoms with van der Waals surface area (Å²) in [7, 11) is 0. The Hall–Kier alpha value is -0.920. The standard InChI is InChI=1S/C10H16O2/c1-5-9(6-2)10(7(3)11)8(4)12/h5-6H2,1-4H3. The van der Waals surface area contributed by atoms with Gasteiger partial charge in [0.05, 0.1) is 5.57 Å². The molecule has 68 valence electrons. The lowest BCUT2D eigenvalue weighted by Gasteiger charge is -2.05. The molecule has 2 heteroatoms. The molecule has 0 heterocycles. The van der Waals surface area contributed by atoms with E-state index >= 15 is 0 Å². The Morgan fingerprint density at radius 2 is 1.25 bits per heavy atom. The summed E-state index contributed by atoms with van der Waals surface area (Å²) in [5.74, 6) is -0.220. The molecule has 0 aromatic carbocycles. The van der Waals surface area contributed by atoms with Crippen LogP contribution in [0.25, 0.3) is 0 Å². The van der Waals surface area contributed by atoms with Crippen LogP contribution in [0.1, 0.15) is 40.5 Å². The molecule has 0 rings (SSSR count). The van der Waals surface area contributed by atoms with Crippen molar-refractivity contribution in [3.8, 4) is 0 Å². The maximum atomic E-state index is 11.1. The summed E-state index contributed by atoms with van der Waals surface area (Å²) in [5, 5.41) is 0. The van der Waals surface area contributed by atoms with E-state index in [0.29, 0.717) is 5.57 Å². The summed E-state index contributed by atoms with van der Waals surface area (Å²) in [6, 6.07) is 0. The van der Waals surface area contributed by atoms with Gasteiger partial charge in [-0.25, -0.2) is 0 Å². The molecule has 0 aromatic rings. The highest BCUT2D eigenvalue weighted by molar-refractivity contribution is 6.19. The molecule has 0 amide bonds. The lowest BCUT2D eigenvalue weighted by Crippen LogP contribution is -2.09. The average molecular weight is 168 g/mol. The Morgan fingerprint density at radius 3 is 1.33 bits per heavy atom. The van der Waals surface area contributed by atoms with Gasteiger partial charge < -0.3 is 0 Å². The summed E-state index contributed by atoms with van der Waals surface area (Å²) in [6.07, 6.45) is 1.57. The van der Waals surface area contributed by atoms with Gasteiger partial charge in [-0.3, -0.25) is 9.59 Å². The van der Waals surface area contributed by atoms with Crippen molar-refractivity contribution in [1.29, 1.82) is 0 Å². The van der Waals surface area contributed by atoms with E-state index in [-0.39, 0.29) is 11.6 Å². The Balaban J connectivity index is 5.03. The van der Waals surface area contributed by atoms with Gasteiger partial charge in [-0.2, -0.15) is 0 Å². The van der Waals surface area contributed by atoms with Gasteiger partial charge in [0, 0.05) is 0 Å². The van der Waals surface area contributed by atoms with Gasteiger partial charge in [-0.05, 0) is 26.7 Å². The van der Waals surface area contributed by atoms with Crippen molar-refractivity contribution in [1.82, 2.24) is 0 Å². The molecule has 0 saturated heterocycles. The molecule has 0 aromatic heterocycles. The Kier molecular flexibility index (Phi) is 4.49. The first-order valence-electron chi connectivity index (χ1n) is 4.28. The molecule has 0 radical (unpaired) electrons. The van der Waals surface area contributed by atoms with Gasteiger partial charge in [0.1, 0.15) is 0 Å². The molecule has 0 bridgehead atoms. The van der Waals surface area contributed by atoms with Gasteiger partial charge >= 0.3 is 0 Å². The summed E-state index contributed by atoms with van der Waals surface area (Å²) in [5.41, 5.74) is 1.37. The SMILES string of the molecule is CCC(CC)=C(C(C)=O)C(C)=O. The van der Waals surface area contributed by atoms with Crippen LogP contribution in [0.15, 0.2) is 11.1 Å². The number of ketones is 2. The zero-order valence-electron chi connectivity index (χ0n) is 8.23. The maximum Gasteiger partial charge on any atom is 0.163 e. The van der Waals surface area contributed by atoms with Gasteiger partial charge in [0.25, 0.3) is 0 Å². The van der Waals surface area contributed by atoms with Crippen molar-refractivity contribution in [2.45, 2.75) is 40.5 Å². The zero-order chi connectivity index (χ0) is 9.72. The number of hydrogen-bond acceptors (Lipinski definition) is 2. The van der Waals surface area contributed by atoms with Crippen molar-refractivity contribution in [2.24, 2.45) is 0 Å². The third kappa shape index (κ3) is 2.61. The third-order valence-electron chi connectivity index (χ3n) is 1.91. The van der Waals surface area contributed by atoms with Crippen LogP contribution in [0.5, 0.6) is 0 Å². The zero-order valence-corrected chi connectivity index (χ0v) is 8.23. The van der Waals surface area contributed by atoms with Crippen molar-refractivity contribution in [3.05, 3.63) is 11.1 Å². The smallest absolute Gasteiger partial charge is 0.163 e. The lowest BCUT2D eigenvalue weighted by atomic mass is 9.97. The fraction of sp³-hybridized carbons (Fsp3) is 0.600. The minimum atomic E-state index is -0.110. The first-order chi connectivity index (χ1) is 5.54. The van der Waals surface area contributed by atoms with E-state index in [1.54, 1.807) is 0 Å². The molecular weight excluding hydrogens is 152 g/mol. The summed E-state index contributed by atoms with van der Waals surface area (Å²) in [4.78, 5) is 22.1. The van der Waals surface area contributed by atoms with E-state index in [0.717, 1.165) is 18.4 Å². The summed E-state index contributed by atoms with van der Waals surface area (Å²) < 4.78 is 0. The Labute approximate surface area is 73.7 Å².